The first kappa shape index (κ1) is 16.5. The Balaban J connectivity index is 2.36. The lowest BCUT2D eigenvalue weighted by Crippen LogP contribution is -2.20. The summed E-state index contributed by atoms with van der Waals surface area (Å²) < 4.78 is 32.3. The van der Waals surface area contributed by atoms with Gasteiger partial charge in [-0.15, -0.1) is 5.10 Å². The first-order valence-corrected chi connectivity index (χ1v) is 8.14. The zero-order valence-electron chi connectivity index (χ0n) is 12.0. The van der Waals surface area contributed by atoms with Crippen LogP contribution in [0.15, 0.2) is 16.6 Å². The maximum Gasteiger partial charge on any atom is 0.143 e. The summed E-state index contributed by atoms with van der Waals surface area (Å²) in [6, 6.07) is 2.42. The molecule has 0 radical (unpaired) electrons. The molecular weight excluding hydrogens is 360 g/mol. The molecule has 114 valence electrons. The van der Waals surface area contributed by atoms with E-state index in [0.717, 1.165) is 10.6 Å². The summed E-state index contributed by atoms with van der Waals surface area (Å²) in [5.41, 5.74) is 0.932. The molecule has 0 fully saturated rings. The highest BCUT2D eigenvalue weighted by molar-refractivity contribution is 9.10. The molecule has 0 amide bonds. The second-order valence-corrected chi connectivity index (χ2v) is 6.68. The fraction of sp³-hybridized carbons (Fsp3) is 0.429. The van der Waals surface area contributed by atoms with Gasteiger partial charge >= 0.3 is 0 Å². The number of halogens is 3. The highest BCUT2D eigenvalue weighted by Crippen LogP contribution is 2.31. The van der Waals surface area contributed by atoms with Gasteiger partial charge in [0.25, 0.3) is 0 Å². The van der Waals surface area contributed by atoms with Crippen molar-refractivity contribution in [2.75, 3.05) is 7.05 Å². The van der Waals surface area contributed by atoms with Crippen molar-refractivity contribution in [3.63, 3.8) is 0 Å². The van der Waals surface area contributed by atoms with Crippen molar-refractivity contribution in [2.45, 2.75) is 32.2 Å². The van der Waals surface area contributed by atoms with Gasteiger partial charge in [-0.3, -0.25) is 0 Å². The molecular formula is C14H16BrF2N3S. The summed E-state index contributed by atoms with van der Waals surface area (Å²) in [7, 11) is 1.77. The van der Waals surface area contributed by atoms with E-state index in [4.69, 9.17) is 0 Å². The minimum atomic E-state index is -0.557. The second-order valence-electron chi connectivity index (χ2n) is 5.04. The Morgan fingerprint density at radius 3 is 2.67 bits per heavy atom. The SMILES string of the molecule is CNC(Cc1c(F)ccc(Br)c1F)c1snnc1C(C)C. The van der Waals surface area contributed by atoms with Gasteiger partial charge in [-0.2, -0.15) is 0 Å². The van der Waals surface area contributed by atoms with E-state index in [1.807, 2.05) is 13.8 Å². The predicted octanol–water partition coefficient (Wildman–Crippen LogP) is 4.21. The van der Waals surface area contributed by atoms with E-state index in [2.05, 4.69) is 30.8 Å². The van der Waals surface area contributed by atoms with Crippen molar-refractivity contribution < 1.29 is 8.78 Å². The summed E-state index contributed by atoms with van der Waals surface area (Å²) >= 11 is 4.36. The fourth-order valence-corrected chi connectivity index (χ4v) is 3.42. The molecule has 1 aromatic carbocycles. The number of likely N-dealkylation sites (N-methyl/N-ethyl adjacent to an activating group) is 1. The van der Waals surface area contributed by atoms with Crippen molar-refractivity contribution in [3.05, 3.63) is 44.4 Å². The molecule has 3 nitrogen and oxygen atoms in total. The Kier molecular flexibility index (Phi) is 5.40. The monoisotopic (exact) mass is 375 g/mol. The largest absolute Gasteiger partial charge is 0.312 e. The van der Waals surface area contributed by atoms with Crippen molar-refractivity contribution >= 4 is 27.5 Å². The molecule has 21 heavy (non-hydrogen) atoms. The van der Waals surface area contributed by atoms with Crippen molar-refractivity contribution in [2.24, 2.45) is 0 Å². The van der Waals surface area contributed by atoms with Crippen LogP contribution in [0.25, 0.3) is 0 Å². The van der Waals surface area contributed by atoms with Crippen molar-refractivity contribution in [1.82, 2.24) is 14.9 Å². The highest BCUT2D eigenvalue weighted by Gasteiger charge is 2.23. The van der Waals surface area contributed by atoms with E-state index in [0.29, 0.717) is 0 Å². The van der Waals surface area contributed by atoms with Crippen LogP contribution < -0.4 is 5.32 Å². The zero-order valence-corrected chi connectivity index (χ0v) is 14.4. The molecule has 0 aliphatic rings. The van der Waals surface area contributed by atoms with Gasteiger partial charge in [0.15, 0.2) is 0 Å². The van der Waals surface area contributed by atoms with E-state index in [9.17, 15) is 8.78 Å². The first-order valence-electron chi connectivity index (χ1n) is 6.57. The van der Waals surface area contributed by atoms with E-state index in [-0.39, 0.29) is 28.4 Å². The Morgan fingerprint density at radius 2 is 2.05 bits per heavy atom. The summed E-state index contributed by atoms with van der Waals surface area (Å²) in [5.74, 6) is -0.884. The molecule has 1 N–H and O–H groups in total. The maximum absolute atomic E-state index is 14.1. The molecule has 0 bridgehead atoms. The van der Waals surface area contributed by atoms with Crippen LogP contribution in [0.5, 0.6) is 0 Å². The molecule has 1 atom stereocenters. The predicted molar refractivity (Wildman–Crippen MR) is 83.6 cm³/mol. The third kappa shape index (κ3) is 3.46. The number of nitrogens with zero attached hydrogens (tertiary/aromatic N) is 2. The third-order valence-corrected chi connectivity index (χ3v) is 4.77. The van der Waals surface area contributed by atoms with Gasteiger partial charge in [0.05, 0.1) is 15.0 Å². The van der Waals surface area contributed by atoms with E-state index < -0.39 is 11.6 Å². The van der Waals surface area contributed by atoms with Crippen LogP contribution in [-0.2, 0) is 6.42 Å². The molecule has 1 aromatic heterocycles. The van der Waals surface area contributed by atoms with Crippen molar-refractivity contribution in [1.29, 1.82) is 0 Å². The molecule has 1 unspecified atom stereocenters. The molecule has 1 heterocycles. The van der Waals surface area contributed by atoms with Gasteiger partial charge in [-0.25, -0.2) is 8.78 Å². The smallest absolute Gasteiger partial charge is 0.143 e. The number of benzene rings is 1. The number of aromatic nitrogens is 2. The standard InChI is InChI=1S/C14H16BrF2N3S/c1-7(2)13-14(21-20-19-13)11(18-3)6-8-10(16)5-4-9(15)12(8)17/h4-5,7,11,18H,6H2,1-3H3. The summed E-state index contributed by atoms with van der Waals surface area (Å²) in [6.45, 7) is 4.04. The Morgan fingerprint density at radius 1 is 1.33 bits per heavy atom. The minimum absolute atomic E-state index is 0.0619. The molecule has 0 saturated heterocycles. The summed E-state index contributed by atoms with van der Waals surface area (Å²) in [4.78, 5) is 0.922. The van der Waals surface area contributed by atoms with Gasteiger partial charge in [0, 0.05) is 11.6 Å². The van der Waals surface area contributed by atoms with Crippen LogP contribution in [0.2, 0.25) is 0 Å². The lowest BCUT2D eigenvalue weighted by atomic mass is 9.99. The first-order chi connectivity index (χ1) is 9.95. The lowest BCUT2D eigenvalue weighted by molar-refractivity contribution is 0.513. The topological polar surface area (TPSA) is 37.8 Å². The van der Waals surface area contributed by atoms with Gasteiger partial charge in [0.1, 0.15) is 11.6 Å². The quantitative estimate of drug-likeness (QED) is 0.795. The van der Waals surface area contributed by atoms with Gasteiger partial charge < -0.3 is 5.32 Å². The van der Waals surface area contributed by atoms with Crippen LogP contribution in [0, 0.1) is 11.6 Å². The normalized spacial score (nSPS) is 12.9. The maximum atomic E-state index is 14.1. The third-order valence-electron chi connectivity index (χ3n) is 3.30. The van der Waals surface area contributed by atoms with Crippen LogP contribution in [0.3, 0.4) is 0 Å². The Labute approximate surface area is 135 Å². The molecule has 7 heteroatoms. The second kappa shape index (κ2) is 6.89. The molecule has 0 aliphatic carbocycles. The number of hydrogen-bond acceptors (Lipinski definition) is 4. The average molecular weight is 376 g/mol. The average Bonchev–Trinajstić information content (AvgIpc) is 2.93. The van der Waals surface area contributed by atoms with E-state index >= 15 is 0 Å². The minimum Gasteiger partial charge on any atom is -0.312 e. The number of hydrogen-bond donors (Lipinski definition) is 1. The van der Waals surface area contributed by atoms with Gasteiger partial charge in [-0.05, 0) is 59.0 Å². The highest BCUT2D eigenvalue weighted by atomic mass is 79.9. The van der Waals surface area contributed by atoms with Crippen LogP contribution >= 0.6 is 27.5 Å². The number of rotatable bonds is 5. The summed E-state index contributed by atoms with van der Waals surface area (Å²) in [6.07, 6.45) is 0.206. The van der Waals surface area contributed by atoms with E-state index in [1.165, 1.54) is 23.7 Å². The zero-order chi connectivity index (χ0) is 15.6. The molecule has 2 aromatic rings. The number of nitrogens with one attached hydrogen (secondary N) is 1. The van der Waals surface area contributed by atoms with Crippen LogP contribution in [0.4, 0.5) is 8.78 Å². The molecule has 2 rings (SSSR count). The van der Waals surface area contributed by atoms with Gasteiger partial charge in [-0.1, -0.05) is 18.3 Å². The van der Waals surface area contributed by atoms with E-state index in [1.54, 1.807) is 7.05 Å². The molecule has 0 aliphatic heterocycles. The van der Waals surface area contributed by atoms with Crippen LogP contribution in [0.1, 0.15) is 41.9 Å². The lowest BCUT2D eigenvalue weighted by Gasteiger charge is -2.17. The van der Waals surface area contributed by atoms with Crippen molar-refractivity contribution in [3.8, 4) is 0 Å². The fourth-order valence-electron chi connectivity index (χ4n) is 2.13. The van der Waals surface area contributed by atoms with Gasteiger partial charge in [0.2, 0.25) is 0 Å². The Hall–Kier alpha value is -0.920. The van der Waals surface area contributed by atoms with Crippen LogP contribution in [-0.4, -0.2) is 16.6 Å². The Bertz CT molecular complexity index is 631. The summed E-state index contributed by atoms with van der Waals surface area (Å²) in [5, 5.41) is 7.22. The molecule has 0 saturated carbocycles. The molecule has 0 spiro atoms.